The summed E-state index contributed by atoms with van der Waals surface area (Å²) < 4.78 is 29.9. The van der Waals surface area contributed by atoms with Crippen molar-refractivity contribution in [2.45, 2.75) is 43.2 Å². The van der Waals surface area contributed by atoms with E-state index in [0.717, 1.165) is 24.7 Å². The van der Waals surface area contributed by atoms with Gasteiger partial charge in [0.15, 0.2) is 9.84 Å². The molecule has 1 fully saturated rings. The molecule has 0 saturated heterocycles. The summed E-state index contributed by atoms with van der Waals surface area (Å²) in [7, 11) is -3.61. The number of nitrogens with one attached hydrogen (secondary N) is 2. The lowest BCUT2D eigenvalue weighted by atomic mass is 9.96. The minimum absolute atomic E-state index is 0.0189. The zero-order chi connectivity index (χ0) is 23.4. The van der Waals surface area contributed by atoms with Gasteiger partial charge in [0.05, 0.1) is 11.4 Å². The van der Waals surface area contributed by atoms with Crippen molar-refractivity contribution in [3.05, 3.63) is 75.1 Å². The zero-order valence-electron chi connectivity index (χ0n) is 18.0. The van der Waals surface area contributed by atoms with Crippen LogP contribution in [0.2, 0.25) is 0 Å². The maximum Gasteiger partial charge on any atom is 0.410 e. The largest absolute Gasteiger partial charge is 0.446 e. The van der Waals surface area contributed by atoms with Crippen LogP contribution in [0.25, 0.3) is 0 Å². The monoisotopic (exact) mass is 471 g/mol. The number of carbonyl (C=O) groups is 2. The summed E-state index contributed by atoms with van der Waals surface area (Å²) in [6.45, 7) is 0.606. The summed E-state index contributed by atoms with van der Waals surface area (Å²) >= 11 is 0. The number of hydrogen-bond donors (Lipinski definition) is 2. The Bertz CT molecular complexity index is 1230. The summed E-state index contributed by atoms with van der Waals surface area (Å²) in [6, 6.07) is 9.41. The zero-order valence-corrected chi connectivity index (χ0v) is 18.8. The van der Waals surface area contributed by atoms with E-state index in [1.807, 2.05) is 0 Å². The molecule has 174 valence electrons. The van der Waals surface area contributed by atoms with Crippen molar-refractivity contribution in [1.82, 2.24) is 15.2 Å². The van der Waals surface area contributed by atoms with Crippen LogP contribution in [0.5, 0.6) is 0 Å². The SMILES string of the molecule is O=C(NC/C=C/S(=O)(=O)c1ccccc1)c1cc2c([nH]c1=O)CCN(C(=O)OC1CCC1)C2. The molecule has 0 atom stereocenters. The molecule has 1 aromatic heterocycles. The van der Waals surface area contributed by atoms with Crippen LogP contribution in [0.3, 0.4) is 0 Å². The molecule has 0 radical (unpaired) electrons. The number of sulfone groups is 1. The third kappa shape index (κ3) is 5.33. The van der Waals surface area contributed by atoms with E-state index in [1.54, 1.807) is 23.1 Å². The van der Waals surface area contributed by atoms with Gasteiger partial charge in [-0.25, -0.2) is 13.2 Å². The molecular formula is C23H25N3O6S. The highest BCUT2D eigenvalue weighted by Gasteiger charge is 2.28. The van der Waals surface area contributed by atoms with E-state index in [-0.39, 0.29) is 35.7 Å². The average Bonchev–Trinajstić information content (AvgIpc) is 2.78. The number of amides is 2. The van der Waals surface area contributed by atoms with Crippen LogP contribution in [-0.2, 0) is 27.5 Å². The van der Waals surface area contributed by atoms with E-state index in [0.29, 0.717) is 24.2 Å². The van der Waals surface area contributed by atoms with Gasteiger partial charge in [0.1, 0.15) is 11.7 Å². The molecule has 33 heavy (non-hydrogen) atoms. The van der Waals surface area contributed by atoms with Gasteiger partial charge in [-0.2, -0.15) is 0 Å². The van der Waals surface area contributed by atoms with E-state index in [4.69, 9.17) is 4.74 Å². The molecule has 2 amide bonds. The number of carbonyl (C=O) groups excluding carboxylic acids is 2. The highest BCUT2D eigenvalue weighted by atomic mass is 32.2. The van der Waals surface area contributed by atoms with Gasteiger partial charge in [-0.05, 0) is 43.0 Å². The number of ether oxygens (including phenoxy) is 1. The molecule has 1 aliphatic heterocycles. The van der Waals surface area contributed by atoms with Crippen LogP contribution >= 0.6 is 0 Å². The maximum atomic E-state index is 12.5. The van der Waals surface area contributed by atoms with Crippen LogP contribution in [0.1, 0.15) is 40.9 Å². The van der Waals surface area contributed by atoms with E-state index in [9.17, 15) is 22.8 Å². The van der Waals surface area contributed by atoms with Gasteiger partial charge in [0.25, 0.3) is 11.5 Å². The molecule has 10 heteroatoms. The first-order chi connectivity index (χ1) is 15.8. The number of pyridine rings is 1. The van der Waals surface area contributed by atoms with Crippen LogP contribution in [0.15, 0.2) is 57.6 Å². The number of aromatic nitrogens is 1. The van der Waals surface area contributed by atoms with Gasteiger partial charge in [-0.1, -0.05) is 24.3 Å². The second-order valence-corrected chi connectivity index (χ2v) is 9.90. The van der Waals surface area contributed by atoms with Crippen molar-refractivity contribution in [3.8, 4) is 0 Å². The molecule has 1 aromatic carbocycles. The first-order valence-electron chi connectivity index (χ1n) is 10.8. The topological polar surface area (TPSA) is 126 Å². The molecule has 0 spiro atoms. The number of rotatable bonds is 6. The predicted octanol–water partition coefficient (Wildman–Crippen LogP) is 2.14. The number of H-pyrrole nitrogens is 1. The smallest absolute Gasteiger partial charge is 0.410 e. The number of nitrogens with zero attached hydrogens (tertiary/aromatic N) is 1. The summed E-state index contributed by atoms with van der Waals surface area (Å²) in [5.74, 6) is -0.630. The average molecular weight is 472 g/mol. The fraction of sp³-hybridized carbons (Fsp3) is 0.348. The van der Waals surface area contributed by atoms with Crippen molar-refractivity contribution in [3.63, 3.8) is 0 Å². The lowest BCUT2D eigenvalue weighted by Crippen LogP contribution is -2.41. The Morgan fingerprint density at radius 2 is 1.97 bits per heavy atom. The molecular weight excluding hydrogens is 446 g/mol. The quantitative estimate of drug-likeness (QED) is 0.665. The van der Waals surface area contributed by atoms with E-state index < -0.39 is 21.3 Å². The molecule has 1 aliphatic carbocycles. The predicted molar refractivity (Wildman–Crippen MR) is 120 cm³/mol. The third-order valence-electron chi connectivity index (χ3n) is 5.76. The first-order valence-corrected chi connectivity index (χ1v) is 12.3. The van der Waals surface area contributed by atoms with Crippen molar-refractivity contribution < 1.29 is 22.7 Å². The number of benzene rings is 1. The molecule has 0 unspecified atom stereocenters. The summed E-state index contributed by atoms with van der Waals surface area (Å²) in [5, 5.41) is 3.55. The fourth-order valence-electron chi connectivity index (χ4n) is 3.65. The van der Waals surface area contributed by atoms with Crippen molar-refractivity contribution in [1.29, 1.82) is 0 Å². The first kappa shape index (κ1) is 22.8. The minimum Gasteiger partial charge on any atom is -0.446 e. The number of aromatic amines is 1. The summed E-state index contributed by atoms with van der Waals surface area (Å²) in [5.41, 5.74) is 0.747. The molecule has 2 aromatic rings. The van der Waals surface area contributed by atoms with Gasteiger partial charge in [-0.3, -0.25) is 9.59 Å². The second-order valence-electron chi connectivity index (χ2n) is 8.06. The van der Waals surface area contributed by atoms with Crippen LogP contribution in [0, 0.1) is 0 Å². The van der Waals surface area contributed by atoms with Gasteiger partial charge in [0, 0.05) is 30.6 Å². The highest BCUT2D eigenvalue weighted by Crippen LogP contribution is 2.24. The normalized spacial score (nSPS) is 16.2. The van der Waals surface area contributed by atoms with Crippen molar-refractivity contribution in [2.75, 3.05) is 13.1 Å². The Hall–Kier alpha value is -3.40. The minimum atomic E-state index is -3.61. The number of hydrogen-bond acceptors (Lipinski definition) is 6. The molecule has 2 N–H and O–H groups in total. The second kappa shape index (κ2) is 9.62. The summed E-state index contributed by atoms with van der Waals surface area (Å²) in [6.07, 6.45) is 4.21. The Morgan fingerprint density at radius 1 is 1.21 bits per heavy atom. The Balaban J connectivity index is 1.39. The molecule has 1 saturated carbocycles. The van der Waals surface area contributed by atoms with Crippen LogP contribution < -0.4 is 10.9 Å². The standard InChI is InChI=1S/C23H25N3O6S/c27-21(24-11-5-13-33(30,31)18-8-2-1-3-9-18)19-14-16-15-26(12-10-20(16)25-22(19)28)23(29)32-17-6-4-7-17/h1-3,5,8-9,13-14,17H,4,6-7,10-12,15H2,(H,24,27)(H,25,28)/b13-5+. The van der Waals surface area contributed by atoms with Gasteiger partial charge >= 0.3 is 6.09 Å². The third-order valence-corrected chi connectivity index (χ3v) is 7.24. The Labute approximate surface area is 191 Å². The van der Waals surface area contributed by atoms with E-state index in [2.05, 4.69) is 10.3 Å². The van der Waals surface area contributed by atoms with Crippen LogP contribution in [-0.4, -0.2) is 49.5 Å². The molecule has 2 heterocycles. The van der Waals surface area contributed by atoms with Gasteiger partial charge < -0.3 is 19.9 Å². The van der Waals surface area contributed by atoms with E-state index >= 15 is 0 Å². The molecule has 0 bridgehead atoms. The van der Waals surface area contributed by atoms with Crippen molar-refractivity contribution >= 4 is 21.8 Å². The maximum absolute atomic E-state index is 12.5. The lowest BCUT2D eigenvalue weighted by Gasteiger charge is -2.32. The van der Waals surface area contributed by atoms with E-state index in [1.165, 1.54) is 24.3 Å². The highest BCUT2D eigenvalue weighted by molar-refractivity contribution is 7.94. The summed E-state index contributed by atoms with van der Waals surface area (Å²) in [4.78, 5) is 41.7. The lowest BCUT2D eigenvalue weighted by molar-refractivity contribution is 0.0243. The van der Waals surface area contributed by atoms with Gasteiger partial charge in [-0.15, -0.1) is 0 Å². The number of fused-ring (bicyclic) bond motifs is 1. The van der Waals surface area contributed by atoms with Crippen LogP contribution in [0.4, 0.5) is 4.79 Å². The molecule has 9 nitrogen and oxygen atoms in total. The molecule has 2 aliphatic rings. The van der Waals surface area contributed by atoms with Crippen molar-refractivity contribution in [2.24, 2.45) is 0 Å². The van der Waals surface area contributed by atoms with Gasteiger partial charge in [0.2, 0.25) is 0 Å². The Kier molecular flexibility index (Phi) is 6.64. The molecule has 4 rings (SSSR count). The Morgan fingerprint density at radius 3 is 2.67 bits per heavy atom. The fourth-order valence-corrected chi connectivity index (χ4v) is 4.69.